The number of hydrogen-bond donors (Lipinski definition) is 3. The minimum atomic E-state index is -0.206. The number of nitrogens with zero attached hydrogens (tertiary/aromatic N) is 5. The Bertz CT molecular complexity index is 1450. The molecule has 6 rings (SSSR count). The van der Waals surface area contributed by atoms with Crippen LogP contribution in [0.4, 0.5) is 17.2 Å². The van der Waals surface area contributed by atoms with Crippen LogP contribution >= 0.6 is 0 Å². The quantitative estimate of drug-likeness (QED) is 0.376. The molecule has 37 heavy (non-hydrogen) atoms. The van der Waals surface area contributed by atoms with Crippen molar-refractivity contribution in [1.29, 1.82) is 0 Å². The number of carbonyl (C=O) groups excluding carboxylic acids is 1. The van der Waals surface area contributed by atoms with E-state index >= 15 is 0 Å². The van der Waals surface area contributed by atoms with E-state index in [1.54, 1.807) is 0 Å². The van der Waals surface area contributed by atoms with Crippen LogP contribution in [0.25, 0.3) is 16.9 Å². The highest BCUT2D eigenvalue weighted by molar-refractivity contribution is 6.06. The number of nitrogens with one attached hydrogen (secondary N) is 2. The SMILES string of the molecule is CN(C)Cc1ccn2c(-c3ccc(Nc4ccc(N5CCC(O)CC5)cn4)c4c3CNC4=O)cnc2c1. The number of aliphatic hydroxyl groups is 1. The molecule has 0 radical (unpaired) electrons. The van der Waals surface area contributed by atoms with Crippen LogP contribution in [0.1, 0.15) is 34.3 Å². The summed E-state index contributed by atoms with van der Waals surface area (Å²) in [6.45, 7) is 2.97. The average molecular weight is 498 g/mol. The van der Waals surface area contributed by atoms with Gasteiger partial charge in [0.2, 0.25) is 0 Å². The molecule has 1 fully saturated rings. The number of aromatic nitrogens is 3. The van der Waals surface area contributed by atoms with Gasteiger partial charge in [-0.25, -0.2) is 9.97 Å². The standard InChI is InChI=1S/C28H31N7O2/c1-33(2)17-18-7-12-35-24(16-30-26(35)13-18)21-4-5-23(27-22(21)15-31-28(27)37)32-25-6-3-19(14-29-25)34-10-8-20(36)9-11-34/h3-7,12-14,16,20,36H,8-11,15,17H2,1-2H3,(H,29,32)(H,31,37). The van der Waals surface area contributed by atoms with E-state index in [-0.39, 0.29) is 12.0 Å². The number of hydrogen-bond acceptors (Lipinski definition) is 7. The molecule has 4 aromatic rings. The zero-order valence-electron chi connectivity index (χ0n) is 21.1. The van der Waals surface area contributed by atoms with Gasteiger partial charge in [0.05, 0.1) is 41.1 Å². The number of imidazole rings is 1. The minimum absolute atomic E-state index is 0.0927. The molecule has 0 saturated carbocycles. The van der Waals surface area contributed by atoms with Crippen LogP contribution in [0.2, 0.25) is 0 Å². The molecule has 1 saturated heterocycles. The smallest absolute Gasteiger partial charge is 0.254 e. The lowest BCUT2D eigenvalue weighted by molar-refractivity contribution is 0.0966. The Balaban J connectivity index is 1.28. The Morgan fingerprint density at radius 1 is 1.11 bits per heavy atom. The molecular formula is C28H31N7O2. The molecule has 3 N–H and O–H groups in total. The highest BCUT2D eigenvalue weighted by Gasteiger charge is 2.27. The fourth-order valence-electron chi connectivity index (χ4n) is 5.29. The number of benzene rings is 1. The lowest BCUT2D eigenvalue weighted by Gasteiger charge is -2.31. The number of aliphatic hydroxyl groups excluding tert-OH is 1. The predicted octanol–water partition coefficient (Wildman–Crippen LogP) is 3.41. The molecule has 0 atom stereocenters. The van der Waals surface area contributed by atoms with Crippen molar-refractivity contribution in [1.82, 2.24) is 24.6 Å². The monoisotopic (exact) mass is 497 g/mol. The van der Waals surface area contributed by atoms with E-state index in [4.69, 9.17) is 0 Å². The van der Waals surface area contributed by atoms with Crippen LogP contribution < -0.4 is 15.5 Å². The fraction of sp³-hybridized carbons (Fsp3) is 0.321. The summed E-state index contributed by atoms with van der Waals surface area (Å²) in [5.41, 5.74) is 7.41. The molecule has 0 aliphatic carbocycles. The highest BCUT2D eigenvalue weighted by atomic mass is 16.3. The second-order valence-electron chi connectivity index (χ2n) is 10.1. The molecule has 0 spiro atoms. The first-order valence-electron chi connectivity index (χ1n) is 12.7. The first kappa shape index (κ1) is 23.4. The summed E-state index contributed by atoms with van der Waals surface area (Å²) in [6, 6.07) is 12.2. The zero-order valence-corrected chi connectivity index (χ0v) is 21.1. The molecule has 0 unspecified atom stereocenters. The van der Waals surface area contributed by atoms with E-state index in [1.807, 2.05) is 42.9 Å². The zero-order chi connectivity index (χ0) is 25.5. The minimum Gasteiger partial charge on any atom is -0.393 e. The van der Waals surface area contributed by atoms with Crippen molar-refractivity contribution >= 4 is 28.7 Å². The van der Waals surface area contributed by atoms with Crippen molar-refractivity contribution in [3.63, 3.8) is 0 Å². The van der Waals surface area contributed by atoms with Crippen molar-refractivity contribution in [3.8, 4) is 11.3 Å². The molecule has 9 heteroatoms. The number of anilines is 3. The lowest BCUT2D eigenvalue weighted by Crippen LogP contribution is -2.35. The normalized spacial score (nSPS) is 15.9. The molecular weight excluding hydrogens is 466 g/mol. The van der Waals surface area contributed by atoms with Gasteiger partial charge in [-0.1, -0.05) is 6.07 Å². The molecule has 2 aliphatic heterocycles. The van der Waals surface area contributed by atoms with E-state index in [0.717, 1.165) is 66.3 Å². The van der Waals surface area contributed by atoms with Gasteiger partial charge < -0.3 is 25.5 Å². The lowest BCUT2D eigenvalue weighted by atomic mass is 9.99. The number of pyridine rings is 2. The predicted molar refractivity (Wildman–Crippen MR) is 144 cm³/mol. The summed E-state index contributed by atoms with van der Waals surface area (Å²) in [5.74, 6) is 0.587. The Kier molecular flexibility index (Phi) is 6.02. The van der Waals surface area contributed by atoms with Gasteiger partial charge in [0.15, 0.2) is 0 Å². The maximum Gasteiger partial charge on any atom is 0.254 e. The van der Waals surface area contributed by atoms with Crippen molar-refractivity contribution in [3.05, 3.63) is 71.7 Å². The van der Waals surface area contributed by atoms with E-state index in [2.05, 4.69) is 61.0 Å². The number of amides is 1. The number of piperidine rings is 1. The molecule has 190 valence electrons. The van der Waals surface area contributed by atoms with E-state index in [1.165, 1.54) is 5.56 Å². The first-order valence-corrected chi connectivity index (χ1v) is 12.7. The Hall–Kier alpha value is -3.95. The maximum atomic E-state index is 12.9. The third kappa shape index (κ3) is 4.52. The third-order valence-corrected chi connectivity index (χ3v) is 7.16. The first-order chi connectivity index (χ1) is 18.0. The van der Waals surface area contributed by atoms with E-state index in [9.17, 15) is 9.90 Å². The Morgan fingerprint density at radius 2 is 1.95 bits per heavy atom. The summed E-state index contributed by atoms with van der Waals surface area (Å²) in [6.07, 6.45) is 7.11. The topological polar surface area (TPSA) is 98.0 Å². The molecule has 1 amide bonds. The highest BCUT2D eigenvalue weighted by Crippen LogP contribution is 2.35. The Morgan fingerprint density at radius 3 is 2.70 bits per heavy atom. The van der Waals surface area contributed by atoms with Crippen molar-refractivity contribution in [2.45, 2.75) is 32.0 Å². The second-order valence-corrected chi connectivity index (χ2v) is 10.1. The summed E-state index contributed by atoms with van der Waals surface area (Å²) >= 11 is 0. The Labute approximate surface area is 215 Å². The average Bonchev–Trinajstić information content (AvgIpc) is 3.49. The van der Waals surface area contributed by atoms with Gasteiger partial charge in [-0.15, -0.1) is 0 Å². The van der Waals surface area contributed by atoms with Crippen LogP contribution in [0.3, 0.4) is 0 Å². The van der Waals surface area contributed by atoms with Gasteiger partial charge in [0, 0.05) is 37.9 Å². The number of carbonyl (C=O) groups is 1. The second kappa shape index (κ2) is 9.49. The van der Waals surface area contributed by atoms with Crippen LogP contribution in [0, 0.1) is 0 Å². The molecule has 1 aromatic carbocycles. The molecule has 0 bridgehead atoms. The van der Waals surface area contributed by atoms with Crippen LogP contribution in [-0.4, -0.2) is 63.6 Å². The van der Waals surface area contributed by atoms with Crippen molar-refractivity contribution < 1.29 is 9.90 Å². The number of fused-ring (bicyclic) bond motifs is 2. The maximum absolute atomic E-state index is 12.9. The molecule has 5 heterocycles. The summed E-state index contributed by atoms with van der Waals surface area (Å²) in [4.78, 5) is 26.5. The third-order valence-electron chi connectivity index (χ3n) is 7.16. The van der Waals surface area contributed by atoms with Gasteiger partial charge in [0.25, 0.3) is 5.91 Å². The fourth-order valence-corrected chi connectivity index (χ4v) is 5.29. The van der Waals surface area contributed by atoms with Crippen LogP contribution in [0.15, 0.2) is 55.0 Å². The summed E-state index contributed by atoms with van der Waals surface area (Å²) < 4.78 is 2.07. The van der Waals surface area contributed by atoms with Crippen molar-refractivity contribution in [2.24, 2.45) is 0 Å². The van der Waals surface area contributed by atoms with Gasteiger partial charge in [0.1, 0.15) is 11.5 Å². The number of rotatable bonds is 6. The van der Waals surface area contributed by atoms with Crippen LogP contribution in [-0.2, 0) is 13.1 Å². The van der Waals surface area contributed by atoms with E-state index < -0.39 is 0 Å². The van der Waals surface area contributed by atoms with Crippen molar-refractivity contribution in [2.75, 3.05) is 37.4 Å². The molecule has 9 nitrogen and oxygen atoms in total. The van der Waals surface area contributed by atoms with Gasteiger partial charge >= 0.3 is 0 Å². The van der Waals surface area contributed by atoms with Gasteiger partial charge in [-0.3, -0.25) is 9.20 Å². The van der Waals surface area contributed by atoms with Gasteiger partial charge in [-0.05, 0) is 68.4 Å². The summed E-state index contributed by atoms with van der Waals surface area (Å²) in [7, 11) is 4.10. The summed E-state index contributed by atoms with van der Waals surface area (Å²) in [5, 5.41) is 16.1. The largest absolute Gasteiger partial charge is 0.393 e. The molecule has 3 aromatic heterocycles. The van der Waals surface area contributed by atoms with Gasteiger partial charge in [-0.2, -0.15) is 0 Å². The van der Waals surface area contributed by atoms with E-state index in [0.29, 0.717) is 17.9 Å². The van der Waals surface area contributed by atoms with Crippen LogP contribution in [0.5, 0.6) is 0 Å². The molecule has 2 aliphatic rings.